The molecule has 2 rings (SSSR count). The van der Waals surface area contributed by atoms with Crippen LogP contribution in [-0.2, 0) is 16.4 Å². The van der Waals surface area contributed by atoms with Crippen molar-refractivity contribution in [2.75, 3.05) is 26.2 Å². The second-order valence-electron chi connectivity index (χ2n) is 5.20. The van der Waals surface area contributed by atoms with Crippen LogP contribution in [0.1, 0.15) is 24.6 Å². The maximum Gasteiger partial charge on any atom is 0.250 e. The van der Waals surface area contributed by atoms with Gasteiger partial charge in [-0.2, -0.15) is 0 Å². The topological polar surface area (TPSA) is 75.4 Å². The van der Waals surface area contributed by atoms with Crippen molar-refractivity contribution in [1.29, 1.82) is 0 Å². The van der Waals surface area contributed by atoms with Gasteiger partial charge in [0.05, 0.1) is 0 Å². The molecule has 2 heterocycles. The van der Waals surface area contributed by atoms with Crippen molar-refractivity contribution in [3.8, 4) is 0 Å². The smallest absolute Gasteiger partial charge is 0.250 e. The first-order valence-corrected chi connectivity index (χ1v) is 9.35. The number of sulfonamides is 1. The van der Waals surface area contributed by atoms with E-state index in [-0.39, 0.29) is 6.04 Å². The number of nitrogens with zero attached hydrogens (tertiary/aromatic N) is 1. The van der Waals surface area contributed by atoms with Crippen molar-refractivity contribution in [3.05, 3.63) is 17.0 Å². The van der Waals surface area contributed by atoms with Gasteiger partial charge < -0.3 is 5.73 Å². The standard InChI is InChI=1S/C13H23N3O2S2/c1-11(16-8-2-3-9-16)10-15-20(17,18)13-5-4-12(19-13)6-7-14/h4-5,11,15H,2-3,6-10,14H2,1H3. The van der Waals surface area contributed by atoms with Crippen LogP contribution in [0.5, 0.6) is 0 Å². The molecule has 1 saturated heterocycles. The van der Waals surface area contributed by atoms with E-state index >= 15 is 0 Å². The molecule has 0 aliphatic carbocycles. The van der Waals surface area contributed by atoms with Gasteiger partial charge in [-0.3, -0.25) is 4.90 Å². The first-order chi connectivity index (χ1) is 9.53. The summed E-state index contributed by atoms with van der Waals surface area (Å²) in [5, 5.41) is 0. The zero-order chi connectivity index (χ0) is 14.6. The molecule has 1 aromatic heterocycles. The summed E-state index contributed by atoms with van der Waals surface area (Å²) in [4.78, 5) is 3.34. The van der Waals surface area contributed by atoms with Gasteiger partial charge in [0.15, 0.2) is 0 Å². The summed E-state index contributed by atoms with van der Waals surface area (Å²) in [7, 11) is -3.38. The van der Waals surface area contributed by atoms with Crippen molar-refractivity contribution in [1.82, 2.24) is 9.62 Å². The third-order valence-corrected chi connectivity index (χ3v) is 6.69. The molecule has 5 nitrogen and oxygen atoms in total. The van der Waals surface area contributed by atoms with E-state index < -0.39 is 10.0 Å². The number of hydrogen-bond acceptors (Lipinski definition) is 5. The SMILES string of the molecule is CC(CNS(=O)(=O)c1ccc(CCN)s1)N1CCCC1. The van der Waals surface area contributed by atoms with Crippen LogP contribution in [0, 0.1) is 0 Å². The van der Waals surface area contributed by atoms with Gasteiger partial charge in [0, 0.05) is 17.5 Å². The lowest BCUT2D eigenvalue weighted by molar-refractivity contribution is 0.260. The minimum Gasteiger partial charge on any atom is -0.330 e. The number of likely N-dealkylation sites (tertiary alicyclic amines) is 1. The molecule has 1 fully saturated rings. The van der Waals surface area contributed by atoms with Crippen molar-refractivity contribution in [2.45, 2.75) is 36.4 Å². The lowest BCUT2D eigenvalue weighted by Gasteiger charge is -2.23. The summed E-state index contributed by atoms with van der Waals surface area (Å²) in [5.41, 5.74) is 5.48. The molecule has 1 aliphatic heterocycles. The van der Waals surface area contributed by atoms with Crippen LogP contribution in [0.3, 0.4) is 0 Å². The molecular formula is C13H23N3O2S2. The largest absolute Gasteiger partial charge is 0.330 e. The van der Waals surface area contributed by atoms with Crippen LogP contribution in [0.4, 0.5) is 0 Å². The molecule has 0 aromatic carbocycles. The summed E-state index contributed by atoms with van der Waals surface area (Å²) in [6, 6.07) is 3.75. The summed E-state index contributed by atoms with van der Waals surface area (Å²) in [5.74, 6) is 0. The number of nitrogens with one attached hydrogen (secondary N) is 1. The van der Waals surface area contributed by atoms with Crippen LogP contribution in [0.15, 0.2) is 16.3 Å². The van der Waals surface area contributed by atoms with E-state index in [1.165, 1.54) is 24.2 Å². The van der Waals surface area contributed by atoms with Gasteiger partial charge in [0.25, 0.3) is 0 Å². The van der Waals surface area contributed by atoms with E-state index in [0.29, 0.717) is 17.3 Å². The Bertz CT molecular complexity index is 521. The van der Waals surface area contributed by atoms with Crippen LogP contribution in [0.2, 0.25) is 0 Å². The second-order valence-corrected chi connectivity index (χ2v) is 8.37. The van der Waals surface area contributed by atoms with Crippen LogP contribution >= 0.6 is 11.3 Å². The normalized spacial score (nSPS) is 18.5. The Kier molecular flexibility index (Phi) is 5.57. The minimum absolute atomic E-state index is 0.246. The molecule has 0 spiro atoms. The number of thiophene rings is 1. The van der Waals surface area contributed by atoms with Gasteiger partial charge in [0.2, 0.25) is 10.0 Å². The predicted octanol–water partition coefficient (Wildman–Crippen LogP) is 1.01. The first-order valence-electron chi connectivity index (χ1n) is 7.05. The van der Waals surface area contributed by atoms with Gasteiger partial charge in [-0.15, -0.1) is 11.3 Å². The fourth-order valence-electron chi connectivity index (χ4n) is 2.39. The highest BCUT2D eigenvalue weighted by Gasteiger charge is 2.21. The highest BCUT2D eigenvalue weighted by Crippen LogP contribution is 2.21. The Morgan fingerprint density at radius 2 is 2.10 bits per heavy atom. The number of rotatable bonds is 7. The molecule has 1 aliphatic rings. The lowest BCUT2D eigenvalue weighted by atomic mass is 10.3. The van der Waals surface area contributed by atoms with E-state index in [9.17, 15) is 8.42 Å². The molecule has 0 saturated carbocycles. The predicted molar refractivity (Wildman–Crippen MR) is 82.5 cm³/mol. The van der Waals surface area contributed by atoms with E-state index in [0.717, 1.165) is 24.4 Å². The Morgan fingerprint density at radius 1 is 1.40 bits per heavy atom. The molecule has 0 amide bonds. The van der Waals surface area contributed by atoms with Gasteiger partial charge in [-0.05, 0) is 58.0 Å². The molecule has 1 aromatic rings. The van der Waals surface area contributed by atoms with Gasteiger partial charge in [-0.25, -0.2) is 13.1 Å². The Morgan fingerprint density at radius 3 is 2.75 bits per heavy atom. The van der Waals surface area contributed by atoms with E-state index in [1.54, 1.807) is 6.07 Å². The third-order valence-electron chi connectivity index (χ3n) is 3.63. The maximum atomic E-state index is 12.2. The minimum atomic E-state index is -3.38. The Labute approximate surface area is 125 Å². The molecule has 0 bridgehead atoms. The molecule has 1 unspecified atom stereocenters. The number of nitrogens with two attached hydrogens (primary N) is 1. The van der Waals surface area contributed by atoms with E-state index in [4.69, 9.17) is 5.73 Å². The lowest BCUT2D eigenvalue weighted by Crippen LogP contribution is -2.40. The third kappa shape index (κ3) is 4.02. The van der Waals surface area contributed by atoms with Gasteiger partial charge in [-0.1, -0.05) is 0 Å². The number of hydrogen-bond donors (Lipinski definition) is 2. The highest BCUT2D eigenvalue weighted by atomic mass is 32.2. The second kappa shape index (κ2) is 7.00. The van der Waals surface area contributed by atoms with Crippen LogP contribution in [-0.4, -0.2) is 45.5 Å². The fourth-order valence-corrected chi connectivity index (χ4v) is 4.93. The van der Waals surface area contributed by atoms with Crippen molar-refractivity contribution in [3.63, 3.8) is 0 Å². The first kappa shape index (κ1) is 15.9. The zero-order valence-corrected chi connectivity index (χ0v) is 13.5. The molecule has 3 N–H and O–H groups in total. The van der Waals surface area contributed by atoms with E-state index in [1.807, 2.05) is 6.07 Å². The van der Waals surface area contributed by atoms with Crippen LogP contribution in [0.25, 0.3) is 0 Å². The van der Waals surface area contributed by atoms with E-state index in [2.05, 4.69) is 16.5 Å². The molecule has 20 heavy (non-hydrogen) atoms. The van der Waals surface area contributed by atoms with Gasteiger partial charge >= 0.3 is 0 Å². The summed E-state index contributed by atoms with van der Waals surface area (Å²) >= 11 is 1.30. The molecular weight excluding hydrogens is 294 g/mol. The molecule has 7 heteroatoms. The highest BCUT2D eigenvalue weighted by molar-refractivity contribution is 7.91. The Hall–Kier alpha value is -0.470. The monoisotopic (exact) mass is 317 g/mol. The summed E-state index contributed by atoms with van der Waals surface area (Å²) in [6.45, 7) is 5.22. The molecule has 1 atom stereocenters. The maximum absolute atomic E-state index is 12.2. The molecule has 114 valence electrons. The average Bonchev–Trinajstić information content (AvgIpc) is 3.07. The fraction of sp³-hybridized carbons (Fsp3) is 0.692. The summed E-state index contributed by atoms with van der Waals surface area (Å²) in [6.07, 6.45) is 3.15. The quantitative estimate of drug-likeness (QED) is 0.787. The summed E-state index contributed by atoms with van der Waals surface area (Å²) < 4.78 is 27.5. The van der Waals surface area contributed by atoms with Crippen molar-refractivity contribution < 1.29 is 8.42 Å². The zero-order valence-electron chi connectivity index (χ0n) is 11.8. The van der Waals surface area contributed by atoms with Gasteiger partial charge in [0.1, 0.15) is 4.21 Å². The average molecular weight is 317 g/mol. The van der Waals surface area contributed by atoms with Crippen molar-refractivity contribution in [2.24, 2.45) is 5.73 Å². The Balaban J connectivity index is 1.92. The van der Waals surface area contributed by atoms with Crippen molar-refractivity contribution >= 4 is 21.4 Å². The molecule has 0 radical (unpaired) electrons. The van der Waals surface area contributed by atoms with Crippen LogP contribution < -0.4 is 10.5 Å².